The molecule has 0 aliphatic carbocycles. The summed E-state index contributed by atoms with van der Waals surface area (Å²) in [6.45, 7) is -0.0741. The predicted octanol–water partition coefficient (Wildman–Crippen LogP) is 4.19. The van der Waals surface area contributed by atoms with Crippen LogP contribution in [-0.4, -0.2) is 44.4 Å². The first-order chi connectivity index (χ1) is 18.5. The molecule has 5 rings (SSSR count). The number of carbonyl (C=O) groups excluding carboxylic acids is 1. The zero-order chi connectivity index (χ0) is 26.5. The molecule has 1 unspecified atom stereocenters. The average molecular weight is 533 g/mol. The van der Waals surface area contributed by atoms with Gasteiger partial charge < -0.3 is 15.3 Å². The van der Waals surface area contributed by atoms with Gasteiger partial charge in [0.2, 0.25) is 5.16 Å². The lowest BCUT2D eigenvalue weighted by Crippen LogP contribution is -2.29. The summed E-state index contributed by atoms with van der Waals surface area (Å²) >= 11 is 1.14. The van der Waals surface area contributed by atoms with Crippen LogP contribution in [0, 0.1) is 5.82 Å². The second kappa shape index (κ2) is 11.3. The molecule has 1 aliphatic heterocycles. The van der Waals surface area contributed by atoms with Crippen LogP contribution in [0.25, 0.3) is 0 Å². The van der Waals surface area contributed by atoms with Crippen LogP contribution in [0.2, 0.25) is 0 Å². The van der Waals surface area contributed by atoms with Crippen molar-refractivity contribution in [1.82, 2.24) is 19.9 Å². The van der Waals surface area contributed by atoms with Gasteiger partial charge in [-0.15, -0.1) is 10.2 Å². The number of para-hydroxylation sites is 1. The number of carbonyl (C=O) groups is 1. The van der Waals surface area contributed by atoms with Gasteiger partial charge in [0, 0.05) is 6.42 Å². The molecular formula is C27H25FN6O3S. The molecule has 0 saturated carbocycles. The fraction of sp³-hybridized carbons (Fsp3) is 0.185. The maximum atomic E-state index is 13.8. The van der Waals surface area contributed by atoms with E-state index < -0.39 is 5.82 Å². The van der Waals surface area contributed by atoms with Crippen LogP contribution in [-0.2, 0) is 11.4 Å². The Morgan fingerprint density at radius 2 is 1.79 bits per heavy atom. The number of thioether (sulfide) groups is 1. The highest BCUT2D eigenvalue weighted by Gasteiger charge is 2.33. The van der Waals surface area contributed by atoms with Crippen LogP contribution in [0.4, 0.5) is 4.39 Å². The zero-order valence-corrected chi connectivity index (χ0v) is 21.3. The van der Waals surface area contributed by atoms with Gasteiger partial charge in [-0.25, -0.2) is 14.1 Å². The number of methoxy groups -OCH3 is 1. The number of halogens is 1. The number of rotatable bonds is 9. The number of hydrazone groups is 1. The fourth-order valence-electron chi connectivity index (χ4n) is 4.03. The van der Waals surface area contributed by atoms with Gasteiger partial charge in [0.1, 0.15) is 12.4 Å². The van der Waals surface area contributed by atoms with E-state index in [4.69, 9.17) is 20.4 Å². The highest BCUT2D eigenvalue weighted by molar-refractivity contribution is 7.99. The Balaban J connectivity index is 1.29. The van der Waals surface area contributed by atoms with E-state index in [2.05, 4.69) is 10.2 Å². The van der Waals surface area contributed by atoms with Crippen molar-refractivity contribution in [2.45, 2.75) is 24.2 Å². The summed E-state index contributed by atoms with van der Waals surface area (Å²) in [7, 11) is 1.61. The Hall–Kier alpha value is -4.38. The van der Waals surface area contributed by atoms with Crippen LogP contribution in [0.1, 0.15) is 29.4 Å². The standard InChI is InChI=1S/C27H25FN6O3S/c1-36-20-13-11-19(12-14-20)23-15-22(18-7-3-2-4-8-18)32-34(23)26(35)17-38-27-31-30-25(33(27)29)16-37-24-10-6-5-9-21(24)28/h2-14,23H,15-17,29H2,1H3. The molecule has 2 heterocycles. The van der Waals surface area contributed by atoms with Gasteiger partial charge in [-0.1, -0.05) is 66.4 Å². The largest absolute Gasteiger partial charge is 0.497 e. The molecule has 0 radical (unpaired) electrons. The highest BCUT2D eigenvalue weighted by atomic mass is 32.2. The number of benzene rings is 3. The molecule has 0 spiro atoms. The van der Waals surface area contributed by atoms with Gasteiger partial charge in [-0.3, -0.25) is 4.79 Å². The topological polar surface area (TPSA) is 108 Å². The molecule has 2 N–H and O–H groups in total. The molecule has 0 bridgehead atoms. The number of ether oxygens (including phenoxy) is 2. The van der Waals surface area contributed by atoms with Crippen LogP contribution < -0.4 is 15.3 Å². The van der Waals surface area contributed by atoms with E-state index in [-0.39, 0.29) is 30.1 Å². The monoisotopic (exact) mass is 532 g/mol. The Labute approximate surface area is 223 Å². The lowest BCUT2D eigenvalue weighted by atomic mass is 9.98. The summed E-state index contributed by atoms with van der Waals surface area (Å²) in [5.41, 5.74) is 2.75. The zero-order valence-electron chi connectivity index (χ0n) is 20.5. The third-order valence-corrected chi connectivity index (χ3v) is 6.95. The third-order valence-electron chi connectivity index (χ3n) is 6.03. The molecule has 4 aromatic rings. The molecule has 0 saturated heterocycles. The van der Waals surface area contributed by atoms with Crippen LogP contribution in [0.5, 0.6) is 11.5 Å². The lowest BCUT2D eigenvalue weighted by molar-refractivity contribution is -0.130. The van der Waals surface area contributed by atoms with Crippen molar-refractivity contribution in [3.63, 3.8) is 0 Å². The minimum absolute atomic E-state index is 0.0434. The lowest BCUT2D eigenvalue weighted by Gasteiger charge is -2.22. The van der Waals surface area contributed by atoms with Crippen LogP contribution >= 0.6 is 11.8 Å². The van der Waals surface area contributed by atoms with Crippen molar-refractivity contribution in [3.8, 4) is 11.5 Å². The Morgan fingerprint density at radius 3 is 2.53 bits per heavy atom. The van der Waals surface area contributed by atoms with Crippen molar-refractivity contribution in [3.05, 3.63) is 102 Å². The SMILES string of the molecule is COc1ccc(C2CC(c3ccccc3)=NN2C(=O)CSc2nnc(COc3ccccc3F)n2N)cc1. The molecule has 1 aromatic heterocycles. The number of nitrogens with zero attached hydrogens (tertiary/aromatic N) is 5. The second-order valence-electron chi connectivity index (χ2n) is 8.42. The first-order valence-electron chi connectivity index (χ1n) is 11.8. The number of aromatic nitrogens is 3. The van der Waals surface area contributed by atoms with E-state index in [0.717, 1.165) is 34.3 Å². The van der Waals surface area contributed by atoms with E-state index in [1.165, 1.54) is 21.8 Å². The van der Waals surface area contributed by atoms with Crippen LogP contribution in [0.3, 0.4) is 0 Å². The maximum Gasteiger partial charge on any atom is 0.253 e. The van der Waals surface area contributed by atoms with Gasteiger partial charge in [-0.2, -0.15) is 5.10 Å². The van der Waals surface area contributed by atoms with Crippen LogP contribution in [0.15, 0.2) is 89.1 Å². The highest BCUT2D eigenvalue weighted by Crippen LogP contribution is 2.34. The molecular weight excluding hydrogens is 507 g/mol. The van der Waals surface area contributed by atoms with Crippen molar-refractivity contribution < 1.29 is 18.7 Å². The van der Waals surface area contributed by atoms with Gasteiger partial charge >= 0.3 is 0 Å². The average Bonchev–Trinajstić information content (AvgIpc) is 3.56. The van der Waals surface area contributed by atoms with Crippen molar-refractivity contribution in [2.24, 2.45) is 5.10 Å². The predicted molar refractivity (Wildman–Crippen MR) is 142 cm³/mol. The summed E-state index contributed by atoms with van der Waals surface area (Å²) in [4.78, 5) is 13.4. The van der Waals surface area contributed by atoms with Gasteiger partial charge in [-0.05, 0) is 35.4 Å². The smallest absolute Gasteiger partial charge is 0.253 e. The first kappa shape index (κ1) is 25.3. The molecule has 38 heavy (non-hydrogen) atoms. The number of amides is 1. The molecule has 1 amide bonds. The normalized spacial score (nSPS) is 14.8. The van der Waals surface area contributed by atoms with E-state index >= 15 is 0 Å². The second-order valence-corrected chi connectivity index (χ2v) is 9.36. The number of hydrogen-bond donors (Lipinski definition) is 1. The molecule has 194 valence electrons. The third kappa shape index (κ3) is 5.47. The quantitative estimate of drug-likeness (QED) is 0.254. The fourth-order valence-corrected chi connectivity index (χ4v) is 4.76. The molecule has 0 fully saturated rings. The molecule has 3 aromatic carbocycles. The molecule has 9 nitrogen and oxygen atoms in total. The Bertz CT molecular complexity index is 1440. The number of nitrogens with two attached hydrogens (primary N) is 1. The Morgan fingerprint density at radius 1 is 1.05 bits per heavy atom. The van der Waals surface area contributed by atoms with Gasteiger partial charge in [0.25, 0.3) is 5.91 Å². The van der Waals surface area contributed by atoms with Crippen molar-refractivity contribution >= 4 is 23.4 Å². The molecule has 11 heteroatoms. The van der Waals surface area contributed by atoms with E-state index in [1.54, 1.807) is 19.2 Å². The molecule has 1 atom stereocenters. The summed E-state index contributed by atoms with van der Waals surface area (Å²) < 4.78 is 25.8. The minimum Gasteiger partial charge on any atom is -0.497 e. The van der Waals surface area contributed by atoms with Crippen molar-refractivity contribution in [1.29, 1.82) is 0 Å². The van der Waals surface area contributed by atoms with Gasteiger partial charge in [0.05, 0.1) is 24.6 Å². The van der Waals surface area contributed by atoms with E-state index in [1.807, 2.05) is 54.6 Å². The number of nitrogen functional groups attached to an aromatic ring is 1. The molecule has 1 aliphatic rings. The summed E-state index contributed by atoms with van der Waals surface area (Å²) in [5.74, 6) is 6.60. The first-order valence-corrected chi connectivity index (χ1v) is 12.8. The van der Waals surface area contributed by atoms with E-state index in [0.29, 0.717) is 17.4 Å². The Kier molecular flexibility index (Phi) is 7.55. The van der Waals surface area contributed by atoms with Gasteiger partial charge in [0.15, 0.2) is 17.4 Å². The summed E-state index contributed by atoms with van der Waals surface area (Å²) in [5, 5.41) is 14.6. The number of hydrogen-bond acceptors (Lipinski definition) is 8. The minimum atomic E-state index is -0.483. The summed E-state index contributed by atoms with van der Waals surface area (Å²) in [6.07, 6.45) is 0.581. The van der Waals surface area contributed by atoms with E-state index in [9.17, 15) is 9.18 Å². The van der Waals surface area contributed by atoms with Crippen molar-refractivity contribution in [2.75, 3.05) is 18.7 Å². The maximum absolute atomic E-state index is 13.8. The summed E-state index contributed by atoms with van der Waals surface area (Å²) in [6, 6.07) is 23.2.